The number of phenols is 1. The Morgan fingerprint density at radius 1 is 1.24 bits per heavy atom. The third-order valence-corrected chi connectivity index (χ3v) is 5.69. The maximum Gasteiger partial charge on any atom is 0.184 e. The molecule has 1 heterocycles. The van der Waals surface area contributed by atoms with Crippen LogP contribution >= 0.6 is 11.3 Å². The molecular formula is C15H19NO3S2. The third-order valence-electron chi connectivity index (χ3n) is 3.07. The predicted molar refractivity (Wildman–Crippen MR) is 84.3 cm³/mol. The standard InChI is InChI=1S/C15H19NO3S2/c1-11(2)3-8-15-16-12(9-20-15)10-21(18,19)14-6-4-13(17)5-7-14/h4-7,9,11,17H,3,8,10H2,1-2H3. The fraction of sp³-hybridized carbons (Fsp3) is 0.400. The SMILES string of the molecule is CC(C)CCc1nc(CS(=O)(=O)c2ccc(O)cc2)cs1. The number of aromatic hydroxyl groups is 1. The summed E-state index contributed by atoms with van der Waals surface area (Å²) in [6.45, 7) is 4.31. The van der Waals surface area contributed by atoms with Gasteiger partial charge in [0.2, 0.25) is 0 Å². The number of phenolic OH excluding ortho intramolecular Hbond substituents is 1. The lowest BCUT2D eigenvalue weighted by molar-refractivity contribution is 0.475. The Morgan fingerprint density at radius 2 is 1.90 bits per heavy atom. The number of aryl methyl sites for hydroxylation is 1. The van der Waals surface area contributed by atoms with Crippen molar-refractivity contribution in [1.29, 1.82) is 0 Å². The monoisotopic (exact) mass is 325 g/mol. The second-order valence-electron chi connectivity index (χ2n) is 5.42. The van der Waals surface area contributed by atoms with Gasteiger partial charge in [0.1, 0.15) is 5.75 Å². The Bertz CT molecular complexity index is 688. The van der Waals surface area contributed by atoms with Crippen LogP contribution in [-0.4, -0.2) is 18.5 Å². The summed E-state index contributed by atoms with van der Waals surface area (Å²) in [5.41, 5.74) is 0.590. The zero-order valence-electron chi connectivity index (χ0n) is 12.1. The van der Waals surface area contributed by atoms with Crippen molar-refractivity contribution in [1.82, 2.24) is 4.98 Å². The zero-order chi connectivity index (χ0) is 15.5. The van der Waals surface area contributed by atoms with E-state index in [2.05, 4.69) is 18.8 Å². The van der Waals surface area contributed by atoms with Gasteiger partial charge in [-0.25, -0.2) is 13.4 Å². The predicted octanol–water partition coefficient (Wildman–Crippen LogP) is 3.41. The molecule has 2 rings (SSSR count). The Labute approximate surface area is 129 Å². The minimum Gasteiger partial charge on any atom is -0.508 e. The average Bonchev–Trinajstić information content (AvgIpc) is 2.84. The molecule has 1 N–H and O–H groups in total. The molecule has 1 aromatic carbocycles. The molecule has 0 aliphatic carbocycles. The fourth-order valence-electron chi connectivity index (χ4n) is 1.87. The summed E-state index contributed by atoms with van der Waals surface area (Å²) < 4.78 is 24.5. The van der Waals surface area contributed by atoms with Crippen molar-refractivity contribution < 1.29 is 13.5 Å². The number of benzene rings is 1. The second kappa shape index (κ2) is 6.58. The van der Waals surface area contributed by atoms with E-state index in [0.29, 0.717) is 11.6 Å². The number of hydrogen-bond donors (Lipinski definition) is 1. The molecular weight excluding hydrogens is 306 g/mol. The molecule has 0 saturated heterocycles. The minimum absolute atomic E-state index is 0.0542. The molecule has 0 amide bonds. The van der Waals surface area contributed by atoms with Crippen LogP contribution in [0.4, 0.5) is 0 Å². The molecule has 0 bridgehead atoms. The van der Waals surface area contributed by atoms with Gasteiger partial charge in [0, 0.05) is 5.38 Å². The molecule has 0 fully saturated rings. The normalized spacial score (nSPS) is 12.0. The van der Waals surface area contributed by atoms with E-state index in [1.165, 1.54) is 35.6 Å². The lowest BCUT2D eigenvalue weighted by atomic mass is 10.1. The Kier molecular flexibility index (Phi) is 5.00. The van der Waals surface area contributed by atoms with Crippen LogP contribution in [0.25, 0.3) is 0 Å². The van der Waals surface area contributed by atoms with Gasteiger partial charge < -0.3 is 5.11 Å². The summed E-state index contributed by atoms with van der Waals surface area (Å²) in [7, 11) is -3.41. The van der Waals surface area contributed by atoms with Crippen LogP contribution < -0.4 is 0 Å². The molecule has 0 unspecified atom stereocenters. The van der Waals surface area contributed by atoms with E-state index in [0.717, 1.165) is 17.8 Å². The summed E-state index contributed by atoms with van der Waals surface area (Å²) in [4.78, 5) is 4.61. The molecule has 1 aromatic heterocycles. The first kappa shape index (κ1) is 16.0. The van der Waals surface area contributed by atoms with Gasteiger partial charge in [-0.2, -0.15) is 0 Å². The Balaban J connectivity index is 2.08. The molecule has 0 aliphatic heterocycles. The van der Waals surface area contributed by atoms with E-state index in [1.807, 2.05) is 5.38 Å². The highest BCUT2D eigenvalue weighted by Gasteiger charge is 2.17. The lowest BCUT2D eigenvalue weighted by Crippen LogP contribution is -2.05. The number of nitrogens with zero attached hydrogens (tertiary/aromatic N) is 1. The highest BCUT2D eigenvalue weighted by molar-refractivity contribution is 7.90. The van der Waals surface area contributed by atoms with Crippen LogP contribution in [0.5, 0.6) is 5.75 Å². The van der Waals surface area contributed by atoms with Gasteiger partial charge in [0.05, 0.1) is 21.3 Å². The molecule has 2 aromatic rings. The molecule has 6 heteroatoms. The van der Waals surface area contributed by atoms with Crippen LogP contribution in [0, 0.1) is 5.92 Å². The summed E-state index contributed by atoms with van der Waals surface area (Å²) in [5.74, 6) is 0.562. The van der Waals surface area contributed by atoms with Gasteiger partial charge in [-0.3, -0.25) is 0 Å². The molecule has 0 aliphatic rings. The maximum atomic E-state index is 12.3. The highest BCUT2D eigenvalue weighted by Crippen LogP contribution is 2.21. The molecule has 0 saturated carbocycles. The molecule has 0 spiro atoms. The van der Waals surface area contributed by atoms with Gasteiger partial charge in [-0.05, 0) is 43.0 Å². The lowest BCUT2D eigenvalue weighted by Gasteiger charge is -2.03. The zero-order valence-corrected chi connectivity index (χ0v) is 13.7. The summed E-state index contributed by atoms with van der Waals surface area (Å²) in [6, 6.07) is 5.58. The van der Waals surface area contributed by atoms with E-state index in [-0.39, 0.29) is 16.4 Å². The summed E-state index contributed by atoms with van der Waals surface area (Å²) in [6.07, 6.45) is 1.94. The largest absolute Gasteiger partial charge is 0.508 e. The van der Waals surface area contributed by atoms with Gasteiger partial charge in [-0.15, -0.1) is 11.3 Å². The quantitative estimate of drug-likeness (QED) is 0.884. The van der Waals surface area contributed by atoms with E-state index in [4.69, 9.17) is 0 Å². The first-order chi connectivity index (χ1) is 9.87. The van der Waals surface area contributed by atoms with Gasteiger partial charge >= 0.3 is 0 Å². The van der Waals surface area contributed by atoms with Crippen molar-refractivity contribution in [2.75, 3.05) is 0 Å². The maximum absolute atomic E-state index is 12.3. The Hall–Kier alpha value is -1.40. The molecule has 114 valence electrons. The van der Waals surface area contributed by atoms with E-state index in [1.54, 1.807) is 0 Å². The van der Waals surface area contributed by atoms with Crippen molar-refractivity contribution in [2.24, 2.45) is 5.92 Å². The van der Waals surface area contributed by atoms with Gasteiger partial charge in [0.15, 0.2) is 9.84 Å². The summed E-state index contributed by atoms with van der Waals surface area (Å²) in [5, 5.41) is 12.0. The van der Waals surface area contributed by atoms with Crippen LogP contribution in [0.1, 0.15) is 31.0 Å². The topological polar surface area (TPSA) is 67.3 Å². The summed E-state index contributed by atoms with van der Waals surface area (Å²) >= 11 is 1.51. The molecule has 21 heavy (non-hydrogen) atoms. The average molecular weight is 325 g/mol. The van der Waals surface area contributed by atoms with Crippen molar-refractivity contribution in [3.05, 3.63) is 40.3 Å². The van der Waals surface area contributed by atoms with Crippen LogP contribution in [0.15, 0.2) is 34.5 Å². The van der Waals surface area contributed by atoms with Crippen molar-refractivity contribution in [3.63, 3.8) is 0 Å². The number of aromatic nitrogens is 1. The number of hydrogen-bond acceptors (Lipinski definition) is 5. The smallest absolute Gasteiger partial charge is 0.184 e. The first-order valence-electron chi connectivity index (χ1n) is 6.82. The van der Waals surface area contributed by atoms with Gasteiger partial charge in [-0.1, -0.05) is 13.8 Å². The van der Waals surface area contributed by atoms with E-state index < -0.39 is 9.84 Å². The van der Waals surface area contributed by atoms with E-state index in [9.17, 15) is 13.5 Å². The van der Waals surface area contributed by atoms with Crippen molar-refractivity contribution >= 4 is 21.2 Å². The Morgan fingerprint density at radius 3 is 2.52 bits per heavy atom. The van der Waals surface area contributed by atoms with Crippen LogP contribution in [0.3, 0.4) is 0 Å². The van der Waals surface area contributed by atoms with Crippen molar-refractivity contribution in [2.45, 2.75) is 37.3 Å². The second-order valence-corrected chi connectivity index (χ2v) is 8.35. The number of thiazole rings is 1. The van der Waals surface area contributed by atoms with Crippen molar-refractivity contribution in [3.8, 4) is 5.75 Å². The molecule has 0 atom stereocenters. The number of rotatable bonds is 6. The first-order valence-corrected chi connectivity index (χ1v) is 9.35. The van der Waals surface area contributed by atoms with Gasteiger partial charge in [0.25, 0.3) is 0 Å². The van der Waals surface area contributed by atoms with Crippen LogP contribution in [-0.2, 0) is 22.0 Å². The highest BCUT2D eigenvalue weighted by atomic mass is 32.2. The molecule has 0 radical (unpaired) electrons. The van der Waals surface area contributed by atoms with Crippen LogP contribution in [0.2, 0.25) is 0 Å². The number of sulfone groups is 1. The molecule has 4 nitrogen and oxygen atoms in total. The third kappa shape index (κ3) is 4.54. The fourth-order valence-corrected chi connectivity index (χ4v) is 4.05. The minimum atomic E-state index is -3.41. The van der Waals surface area contributed by atoms with E-state index >= 15 is 0 Å².